The fraction of sp³-hybridized carbons (Fsp3) is 0.0476. The number of hydrogen-bond acceptors (Lipinski definition) is 4. The van der Waals surface area contributed by atoms with Crippen molar-refractivity contribution in [2.24, 2.45) is 5.73 Å². The van der Waals surface area contributed by atoms with E-state index in [1.165, 1.54) is 18.3 Å². The number of aromatic nitrogens is 2. The zero-order valence-corrected chi connectivity index (χ0v) is 14.6. The molecule has 7 heteroatoms. The molecule has 0 aliphatic carbocycles. The Kier molecular flexibility index (Phi) is 3.39. The largest absolute Gasteiger partial charge is 0.505 e. The van der Waals surface area contributed by atoms with Gasteiger partial charge in [-0.25, -0.2) is 8.91 Å². The van der Waals surface area contributed by atoms with E-state index in [-0.39, 0.29) is 0 Å². The lowest BCUT2D eigenvalue weighted by Gasteiger charge is -2.19. The predicted molar refractivity (Wildman–Crippen MR) is 103 cm³/mol. The summed E-state index contributed by atoms with van der Waals surface area (Å²) in [6.45, 7) is 0. The Labute approximate surface area is 159 Å². The summed E-state index contributed by atoms with van der Waals surface area (Å²) >= 11 is 0. The van der Waals surface area contributed by atoms with Crippen LogP contribution in [0.3, 0.4) is 0 Å². The number of carbonyl (C=O) groups excluding carboxylic acids is 1. The highest BCUT2D eigenvalue weighted by atomic mass is 19.1. The highest BCUT2D eigenvalue weighted by Crippen LogP contribution is 2.43. The van der Waals surface area contributed by atoms with Gasteiger partial charge in [-0.1, -0.05) is 24.3 Å². The first-order valence-corrected chi connectivity index (χ1v) is 8.69. The maximum atomic E-state index is 14.1. The average Bonchev–Trinajstić information content (AvgIpc) is 3.05. The van der Waals surface area contributed by atoms with Gasteiger partial charge >= 0.3 is 0 Å². The molecule has 1 aliphatic heterocycles. The molecular formula is C21H15FN4O2. The van der Waals surface area contributed by atoms with Crippen LogP contribution in [-0.2, 0) is 0 Å². The van der Waals surface area contributed by atoms with E-state index >= 15 is 0 Å². The summed E-state index contributed by atoms with van der Waals surface area (Å²) in [4.78, 5) is 12.1. The highest BCUT2D eigenvalue weighted by Gasteiger charge is 2.29. The molecule has 6 nitrogen and oxygen atoms in total. The summed E-state index contributed by atoms with van der Waals surface area (Å²) in [5.74, 6) is -1.67. The topological polar surface area (TPSA) is 92.7 Å². The number of primary amides is 1. The van der Waals surface area contributed by atoms with E-state index in [1.54, 1.807) is 16.8 Å². The van der Waals surface area contributed by atoms with Crippen molar-refractivity contribution in [3.05, 3.63) is 83.4 Å². The van der Waals surface area contributed by atoms with Crippen LogP contribution >= 0.6 is 0 Å². The molecule has 28 heavy (non-hydrogen) atoms. The van der Waals surface area contributed by atoms with Gasteiger partial charge in [0.15, 0.2) is 11.6 Å². The molecule has 138 valence electrons. The minimum Gasteiger partial charge on any atom is -0.505 e. The van der Waals surface area contributed by atoms with E-state index in [4.69, 9.17) is 5.73 Å². The monoisotopic (exact) mass is 374 g/mol. The van der Waals surface area contributed by atoms with Crippen molar-refractivity contribution in [2.45, 2.75) is 6.04 Å². The number of nitrogens with zero attached hydrogens (tertiary/aromatic N) is 2. The number of aromatic hydroxyl groups is 1. The van der Waals surface area contributed by atoms with Gasteiger partial charge in [0.05, 0.1) is 23.3 Å². The van der Waals surface area contributed by atoms with Gasteiger partial charge in [0.1, 0.15) is 0 Å². The molecule has 1 aliphatic rings. The third-order valence-electron chi connectivity index (χ3n) is 5.09. The van der Waals surface area contributed by atoms with Gasteiger partial charge in [-0.05, 0) is 29.8 Å². The van der Waals surface area contributed by atoms with Crippen molar-refractivity contribution >= 4 is 17.1 Å². The molecule has 4 N–H and O–H groups in total. The van der Waals surface area contributed by atoms with Crippen LogP contribution in [-0.4, -0.2) is 20.6 Å². The van der Waals surface area contributed by atoms with Crippen molar-refractivity contribution in [3.8, 4) is 16.9 Å². The van der Waals surface area contributed by atoms with E-state index in [0.29, 0.717) is 16.7 Å². The van der Waals surface area contributed by atoms with Crippen LogP contribution in [0.5, 0.6) is 5.75 Å². The Morgan fingerprint density at radius 3 is 2.82 bits per heavy atom. The Morgan fingerprint density at radius 2 is 2.04 bits per heavy atom. The van der Waals surface area contributed by atoms with Crippen molar-refractivity contribution in [1.29, 1.82) is 0 Å². The highest BCUT2D eigenvalue weighted by molar-refractivity contribution is 6.06. The quantitative estimate of drug-likeness (QED) is 0.501. The third-order valence-corrected chi connectivity index (χ3v) is 5.09. The average molecular weight is 374 g/mol. The molecule has 0 fully saturated rings. The van der Waals surface area contributed by atoms with E-state index < -0.39 is 23.5 Å². The lowest BCUT2D eigenvalue weighted by molar-refractivity contribution is 0.100. The predicted octanol–water partition coefficient (Wildman–Crippen LogP) is 3.46. The molecule has 0 radical (unpaired) electrons. The molecule has 1 unspecified atom stereocenters. The zero-order chi connectivity index (χ0) is 19.4. The lowest BCUT2D eigenvalue weighted by Crippen LogP contribution is -2.14. The van der Waals surface area contributed by atoms with Crippen LogP contribution in [0.25, 0.3) is 16.6 Å². The van der Waals surface area contributed by atoms with E-state index in [1.807, 2.05) is 30.3 Å². The van der Waals surface area contributed by atoms with Gasteiger partial charge < -0.3 is 16.2 Å². The molecule has 2 aromatic carbocycles. The van der Waals surface area contributed by atoms with Crippen molar-refractivity contribution in [2.75, 3.05) is 5.32 Å². The molecule has 0 spiro atoms. The fourth-order valence-electron chi connectivity index (χ4n) is 3.82. The normalized spacial score (nSPS) is 15.0. The summed E-state index contributed by atoms with van der Waals surface area (Å²) in [5, 5.41) is 17.3. The van der Waals surface area contributed by atoms with Gasteiger partial charge in [-0.15, -0.1) is 0 Å². The van der Waals surface area contributed by atoms with Crippen LogP contribution in [0.2, 0.25) is 0 Å². The van der Waals surface area contributed by atoms with Crippen LogP contribution in [0.4, 0.5) is 10.1 Å². The van der Waals surface area contributed by atoms with E-state index in [0.717, 1.165) is 22.3 Å². The first-order chi connectivity index (χ1) is 13.5. The number of phenols is 1. The number of carbonyl (C=O) groups is 1. The van der Waals surface area contributed by atoms with Crippen molar-refractivity contribution in [3.63, 3.8) is 0 Å². The Balaban J connectivity index is 1.88. The molecule has 2 aromatic heterocycles. The Hall–Kier alpha value is -3.87. The molecule has 0 saturated carbocycles. The first-order valence-electron chi connectivity index (χ1n) is 8.69. The lowest BCUT2D eigenvalue weighted by atomic mass is 9.96. The SMILES string of the molecule is NC(=O)c1cnn2ccc3c2c1-c1ccccc1NC3c1ccc(O)c(F)c1. The van der Waals surface area contributed by atoms with Crippen LogP contribution < -0.4 is 11.1 Å². The summed E-state index contributed by atoms with van der Waals surface area (Å²) in [5.41, 5.74) is 10.4. The zero-order valence-electron chi connectivity index (χ0n) is 14.6. The standard InChI is InChI=1S/C21H15FN4O2/c22-15-9-11(5-6-17(15)27)19-13-7-8-26-20(13)18(14(10-24-26)21(23)28)12-3-1-2-4-16(12)25-19/h1-10,19,25,27H,(H2,23,28). The number of amides is 1. The van der Waals surface area contributed by atoms with Gasteiger partial charge in [0, 0.05) is 28.6 Å². The Bertz CT molecular complexity index is 1260. The van der Waals surface area contributed by atoms with Crippen molar-refractivity contribution < 1.29 is 14.3 Å². The molecule has 5 rings (SSSR count). The van der Waals surface area contributed by atoms with E-state index in [2.05, 4.69) is 10.4 Å². The number of para-hydroxylation sites is 1. The molecule has 0 bridgehead atoms. The maximum Gasteiger partial charge on any atom is 0.251 e. The molecular weight excluding hydrogens is 359 g/mol. The van der Waals surface area contributed by atoms with Crippen LogP contribution in [0, 0.1) is 5.82 Å². The van der Waals surface area contributed by atoms with Crippen LogP contribution in [0.1, 0.15) is 27.5 Å². The number of halogens is 1. The second-order valence-corrected chi connectivity index (χ2v) is 6.70. The summed E-state index contributed by atoms with van der Waals surface area (Å²) < 4.78 is 15.7. The summed E-state index contributed by atoms with van der Waals surface area (Å²) in [6, 6.07) is 13.3. The number of nitrogens with one attached hydrogen (secondary N) is 1. The number of phenolic OH excluding ortho intramolecular Hbond substituents is 1. The second-order valence-electron chi connectivity index (χ2n) is 6.70. The number of fused-ring (bicyclic) bond motifs is 2. The van der Waals surface area contributed by atoms with Gasteiger partial charge in [-0.3, -0.25) is 4.79 Å². The number of anilines is 1. The summed E-state index contributed by atoms with van der Waals surface area (Å²) in [7, 11) is 0. The second kappa shape index (κ2) is 5.82. The number of nitrogens with two attached hydrogens (primary N) is 1. The number of benzene rings is 2. The third kappa shape index (κ3) is 2.26. The summed E-state index contributed by atoms with van der Waals surface area (Å²) in [6.07, 6.45) is 3.25. The maximum absolute atomic E-state index is 14.1. The molecule has 3 heterocycles. The van der Waals surface area contributed by atoms with Gasteiger partial charge in [0.2, 0.25) is 0 Å². The molecule has 0 saturated heterocycles. The molecule has 4 aromatic rings. The number of rotatable bonds is 2. The molecule has 1 atom stereocenters. The minimum absolute atomic E-state index is 0.319. The molecule has 1 amide bonds. The van der Waals surface area contributed by atoms with Crippen LogP contribution in [0.15, 0.2) is 60.9 Å². The smallest absolute Gasteiger partial charge is 0.251 e. The Morgan fingerprint density at radius 1 is 1.21 bits per heavy atom. The fourth-order valence-corrected chi connectivity index (χ4v) is 3.82. The van der Waals surface area contributed by atoms with E-state index in [9.17, 15) is 14.3 Å². The van der Waals surface area contributed by atoms with Gasteiger partial charge in [0.25, 0.3) is 5.91 Å². The first kappa shape index (κ1) is 16.3. The van der Waals surface area contributed by atoms with Gasteiger partial charge in [-0.2, -0.15) is 5.10 Å². The van der Waals surface area contributed by atoms with Crippen molar-refractivity contribution in [1.82, 2.24) is 9.61 Å². The number of hydrogen-bond donors (Lipinski definition) is 3. The minimum atomic E-state index is -0.698.